The molecule has 2 N–H and O–H groups in total. The second-order valence-electron chi connectivity index (χ2n) is 7.07. The van der Waals surface area contributed by atoms with Gasteiger partial charge in [0.15, 0.2) is 0 Å². The average Bonchev–Trinajstić information content (AvgIpc) is 3.29. The third-order valence-corrected chi connectivity index (χ3v) is 5.11. The number of nitrogens with one attached hydrogen (secondary N) is 2. The van der Waals surface area contributed by atoms with Crippen molar-refractivity contribution in [2.24, 2.45) is 0 Å². The Labute approximate surface area is 168 Å². The van der Waals surface area contributed by atoms with E-state index >= 15 is 0 Å². The second kappa shape index (κ2) is 8.22. The number of imidazole rings is 1. The molecule has 3 aromatic rings. The number of carbonyl (C=O) groups excluding carboxylic acids is 2. The Morgan fingerprint density at radius 3 is 2.59 bits per heavy atom. The lowest BCUT2D eigenvalue weighted by atomic mass is 9.90. The summed E-state index contributed by atoms with van der Waals surface area (Å²) in [6, 6.07) is 9.32. The minimum atomic E-state index is -0.220. The smallest absolute Gasteiger partial charge is 0.271 e. The zero-order valence-electron chi connectivity index (χ0n) is 16.1. The minimum absolute atomic E-state index is 0.0538. The van der Waals surface area contributed by atoms with Gasteiger partial charge < -0.3 is 15.2 Å². The average molecular weight is 390 g/mol. The van der Waals surface area contributed by atoms with Crippen molar-refractivity contribution < 1.29 is 9.59 Å². The minimum Gasteiger partial charge on any atom is -0.341 e. The third kappa shape index (κ3) is 4.16. The molecule has 2 aromatic heterocycles. The molecule has 1 saturated heterocycles. The summed E-state index contributed by atoms with van der Waals surface area (Å²) < 4.78 is 0. The van der Waals surface area contributed by atoms with Gasteiger partial charge in [0, 0.05) is 30.9 Å². The van der Waals surface area contributed by atoms with Crippen molar-refractivity contribution in [2.75, 3.05) is 18.4 Å². The number of aromatic nitrogens is 4. The standard InChI is InChI=1S/C21H22N6O2/c1-14-23-11-17(20(28)26-16-5-3-2-4-6-16)19(25-14)15-7-9-27(10-8-15)21(29)18-12-22-13-24-18/h2-6,11-13,15H,7-10H2,1H3,(H,22,24)(H,26,28). The van der Waals surface area contributed by atoms with E-state index in [0.717, 1.165) is 24.2 Å². The van der Waals surface area contributed by atoms with E-state index in [1.165, 1.54) is 12.5 Å². The van der Waals surface area contributed by atoms with Gasteiger partial charge in [-0.15, -0.1) is 0 Å². The Kier molecular flexibility index (Phi) is 5.33. The summed E-state index contributed by atoms with van der Waals surface area (Å²) in [6.45, 7) is 3.02. The van der Waals surface area contributed by atoms with E-state index in [0.29, 0.717) is 30.2 Å². The van der Waals surface area contributed by atoms with Crippen LogP contribution in [0.2, 0.25) is 0 Å². The normalized spacial score (nSPS) is 14.6. The van der Waals surface area contributed by atoms with Crippen LogP contribution in [0.3, 0.4) is 0 Å². The van der Waals surface area contributed by atoms with Gasteiger partial charge in [0.1, 0.15) is 11.5 Å². The van der Waals surface area contributed by atoms with Crippen LogP contribution in [-0.2, 0) is 0 Å². The summed E-state index contributed by atoms with van der Waals surface area (Å²) in [5, 5.41) is 2.91. The highest BCUT2D eigenvalue weighted by Crippen LogP contribution is 2.30. The first-order chi connectivity index (χ1) is 14.1. The van der Waals surface area contributed by atoms with Crippen LogP contribution < -0.4 is 5.32 Å². The molecule has 2 amide bonds. The third-order valence-electron chi connectivity index (χ3n) is 5.11. The van der Waals surface area contributed by atoms with Crippen molar-refractivity contribution in [1.82, 2.24) is 24.8 Å². The molecule has 0 atom stereocenters. The van der Waals surface area contributed by atoms with Crippen molar-refractivity contribution in [3.05, 3.63) is 71.8 Å². The first-order valence-corrected chi connectivity index (χ1v) is 9.59. The van der Waals surface area contributed by atoms with Crippen LogP contribution in [0.5, 0.6) is 0 Å². The van der Waals surface area contributed by atoms with Crippen LogP contribution in [0.25, 0.3) is 0 Å². The first-order valence-electron chi connectivity index (χ1n) is 9.59. The molecule has 0 spiro atoms. The van der Waals surface area contributed by atoms with Gasteiger partial charge in [0.2, 0.25) is 0 Å². The predicted octanol–water partition coefficient (Wildman–Crippen LogP) is 2.78. The molecule has 1 aliphatic rings. The number of nitrogens with zero attached hydrogens (tertiary/aromatic N) is 4. The van der Waals surface area contributed by atoms with Crippen molar-refractivity contribution in [2.45, 2.75) is 25.7 Å². The highest BCUT2D eigenvalue weighted by atomic mass is 16.2. The lowest BCUT2D eigenvalue weighted by Gasteiger charge is -2.32. The van der Waals surface area contributed by atoms with Crippen molar-refractivity contribution in [3.8, 4) is 0 Å². The van der Waals surface area contributed by atoms with Crippen LogP contribution >= 0.6 is 0 Å². The molecule has 0 radical (unpaired) electrons. The summed E-state index contributed by atoms with van der Waals surface area (Å²) >= 11 is 0. The van der Waals surface area contributed by atoms with E-state index in [4.69, 9.17) is 0 Å². The number of piperidine rings is 1. The maximum Gasteiger partial charge on any atom is 0.271 e. The fraction of sp³-hybridized carbons (Fsp3) is 0.286. The van der Waals surface area contributed by atoms with Crippen LogP contribution in [0, 0.1) is 6.92 Å². The van der Waals surface area contributed by atoms with Crippen LogP contribution in [0.1, 0.15) is 51.1 Å². The molecule has 1 aromatic carbocycles. The number of H-pyrrole nitrogens is 1. The van der Waals surface area contributed by atoms with Crippen molar-refractivity contribution in [1.29, 1.82) is 0 Å². The lowest BCUT2D eigenvalue weighted by molar-refractivity contribution is 0.0705. The van der Waals surface area contributed by atoms with E-state index in [1.54, 1.807) is 6.20 Å². The monoisotopic (exact) mass is 390 g/mol. The maximum absolute atomic E-state index is 12.9. The second-order valence-corrected chi connectivity index (χ2v) is 7.07. The number of aromatic amines is 1. The number of aryl methyl sites for hydroxylation is 1. The van der Waals surface area contributed by atoms with E-state index in [2.05, 4.69) is 25.3 Å². The molecule has 0 saturated carbocycles. The number of para-hydroxylation sites is 1. The van der Waals surface area contributed by atoms with Gasteiger partial charge in [-0.2, -0.15) is 0 Å². The van der Waals surface area contributed by atoms with E-state index in [9.17, 15) is 9.59 Å². The molecule has 3 heterocycles. The Bertz CT molecular complexity index is 995. The van der Waals surface area contributed by atoms with Crippen LogP contribution in [0.15, 0.2) is 49.1 Å². The quantitative estimate of drug-likeness (QED) is 0.713. The highest BCUT2D eigenvalue weighted by Gasteiger charge is 2.29. The van der Waals surface area contributed by atoms with Gasteiger partial charge in [-0.3, -0.25) is 9.59 Å². The number of rotatable bonds is 4. The number of hydrogen-bond donors (Lipinski definition) is 2. The van der Waals surface area contributed by atoms with Crippen LogP contribution in [-0.4, -0.2) is 49.7 Å². The Morgan fingerprint density at radius 1 is 1.14 bits per heavy atom. The molecular weight excluding hydrogens is 368 g/mol. The highest BCUT2D eigenvalue weighted by molar-refractivity contribution is 6.05. The molecule has 148 valence electrons. The zero-order valence-corrected chi connectivity index (χ0v) is 16.1. The molecule has 4 rings (SSSR count). The van der Waals surface area contributed by atoms with Gasteiger partial charge in [-0.25, -0.2) is 15.0 Å². The molecule has 1 aliphatic heterocycles. The number of carbonyl (C=O) groups is 2. The van der Waals surface area contributed by atoms with Gasteiger partial charge in [-0.1, -0.05) is 18.2 Å². The summed E-state index contributed by atoms with van der Waals surface area (Å²) in [5.74, 6) is 0.454. The van der Waals surface area contributed by atoms with Crippen molar-refractivity contribution >= 4 is 17.5 Å². The summed E-state index contributed by atoms with van der Waals surface area (Å²) in [7, 11) is 0. The van der Waals surface area contributed by atoms with Gasteiger partial charge in [0.05, 0.1) is 23.8 Å². The Hall–Kier alpha value is -3.55. The molecule has 0 bridgehead atoms. The fourth-order valence-corrected chi connectivity index (χ4v) is 3.59. The van der Waals surface area contributed by atoms with E-state index in [1.807, 2.05) is 42.2 Å². The fourth-order valence-electron chi connectivity index (χ4n) is 3.59. The zero-order chi connectivity index (χ0) is 20.2. The lowest BCUT2D eigenvalue weighted by Crippen LogP contribution is -2.38. The molecule has 0 aliphatic carbocycles. The maximum atomic E-state index is 12.9. The topological polar surface area (TPSA) is 104 Å². The van der Waals surface area contributed by atoms with Gasteiger partial charge in [-0.05, 0) is 31.9 Å². The predicted molar refractivity (Wildman–Crippen MR) is 108 cm³/mol. The number of likely N-dealkylation sites (tertiary alicyclic amines) is 1. The number of hydrogen-bond acceptors (Lipinski definition) is 5. The molecule has 0 unspecified atom stereocenters. The van der Waals surface area contributed by atoms with E-state index in [-0.39, 0.29) is 17.7 Å². The summed E-state index contributed by atoms with van der Waals surface area (Å²) in [6.07, 6.45) is 6.11. The van der Waals surface area contributed by atoms with Crippen LogP contribution in [0.4, 0.5) is 5.69 Å². The largest absolute Gasteiger partial charge is 0.341 e. The molecular formula is C21H22N6O2. The summed E-state index contributed by atoms with van der Waals surface area (Å²) in [4.78, 5) is 42.7. The number of anilines is 1. The number of amides is 2. The van der Waals surface area contributed by atoms with Gasteiger partial charge in [0.25, 0.3) is 11.8 Å². The van der Waals surface area contributed by atoms with Crippen molar-refractivity contribution in [3.63, 3.8) is 0 Å². The summed E-state index contributed by atoms with van der Waals surface area (Å²) in [5.41, 5.74) is 2.45. The SMILES string of the molecule is Cc1ncc(C(=O)Nc2ccccc2)c(C2CCN(C(=O)c3cnc[nH]3)CC2)n1. The Morgan fingerprint density at radius 2 is 1.90 bits per heavy atom. The molecule has 8 nitrogen and oxygen atoms in total. The molecule has 1 fully saturated rings. The first kappa shape index (κ1) is 18.8. The Balaban J connectivity index is 1.49. The van der Waals surface area contributed by atoms with Gasteiger partial charge >= 0.3 is 0 Å². The molecule has 29 heavy (non-hydrogen) atoms. The van der Waals surface area contributed by atoms with E-state index < -0.39 is 0 Å². The number of benzene rings is 1. The molecule has 8 heteroatoms.